The van der Waals surface area contributed by atoms with Gasteiger partial charge in [0.15, 0.2) is 0 Å². The molecule has 0 bridgehead atoms. The predicted octanol–water partition coefficient (Wildman–Crippen LogP) is 0.868. The molecular formula is C13H24ClN5O. The van der Waals surface area contributed by atoms with E-state index < -0.39 is 0 Å². The molecule has 0 spiro atoms. The minimum atomic E-state index is -0.254. The Morgan fingerprint density at radius 2 is 2.10 bits per heavy atom. The van der Waals surface area contributed by atoms with E-state index in [4.69, 9.17) is 11.6 Å². The van der Waals surface area contributed by atoms with Crippen LogP contribution in [0.25, 0.3) is 0 Å². The van der Waals surface area contributed by atoms with Crippen LogP contribution in [0.3, 0.4) is 0 Å². The second-order valence-electron chi connectivity index (χ2n) is 5.24. The number of nitrogens with one attached hydrogen (secondary N) is 2. The lowest BCUT2D eigenvalue weighted by molar-refractivity contribution is 0.367. The van der Waals surface area contributed by atoms with Crippen LogP contribution < -0.4 is 16.2 Å². The number of aromatic nitrogens is 2. The van der Waals surface area contributed by atoms with Crippen molar-refractivity contribution in [1.82, 2.24) is 20.0 Å². The molecule has 20 heavy (non-hydrogen) atoms. The molecular weight excluding hydrogens is 278 g/mol. The highest BCUT2D eigenvalue weighted by Crippen LogP contribution is 2.14. The molecule has 1 aromatic heterocycles. The van der Waals surface area contributed by atoms with Crippen molar-refractivity contribution in [1.29, 1.82) is 0 Å². The van der Waals surface area contributed by atoms with Crippen LogP contribution in [-0.2, 0) is 6.54 Å². The van der Waals surface area contributed by atoms with E-state index in [1.807, 2.05) is 19.0 Å². The van der Waals surface area contributed by atoms with Crippen LogP contribution in [0.5, 0.6) is 0 Å². The highest BCUT2D eigenvalue weighted by atomic mass is 35.5. The van der Waals surface area contributed by atoms with Crippen LogP contribution >= 0.6 is 11.6 Å². The maximum absolute atomic E-state index is 12.0. The molecule has 0 aliphatic heterocycles. The zero-order valence-corrected chi connectivity index (χ0v) is 13.4. The molecule has 1 aromatic rings. The van der Waals surface area contributed by atoms with Gasteiger partial charge in [-0.05, 0) is 14.1 Å². The number of anilines is 1. The van der Waals surface area contributed by atoms with E-state index in [9.17, 15) is 4.79 Å². The van der Waals surface area contributed by atoms with E-state index in [1.54, 1.807) is 6.20 Å². The molecule has 114 valence electrons. The Kier molecular flexibility index (Phi) is 6.98. The summed E-state index contributed by atoms with van der Waals surface area (Å²) < 4.78 is 1.39. The van der Waals surface area contributed by atoms with Gasteiger partial charge in [0.25, 0.3) is 5.56 Å². The lowest BCUT2D eigenvalue weighted by Crippen LogP contribution is -2.31. The van der Waals surface area contributed by atoms with Gasteiger partial charge in [-0.2, -0.15) is 5.10 Å². The molecule has 0 aromatic carbocycles. The lowest BCUT2D eigenvalue weighted by Gasteiger charge is -2.13. The normalized spacial score (nSPS) is 11.3. The van der Waals surface area contributed by atoms with Crippen molar-refractivity contribution in [2.45, 2.75) is 26.4 Å². The Labute approximate surface area is 125 Å². The molecule has 0 saturated heterocycles. The van der Waals surface area contributed by atoms with Gasteiger partial charge in [0.05, 0.1) is 18.4 Å². The number of likely N-dealkylation sites (N-methyl/N-ethyl adjacent to an activating group) is 1. The minimum absolute atomic E-state index is 0.198. The second kappa shape index (κ2) is 8.24. The summed E-state index contributed by atoms with van der Waals surface area (Å²) in [6, 6.07) is 0.435. The molecule has 0 amide bonds. The fraction of sp³-hybridized carbons (Fsp3) is 0.692. The van der Waals surface area contributed by atoms with Crippen molar-refractivity contribution in [2.75, 3.05) is 39.0 Å². The first-order valence-corrected chi connectivity index (χ1v) is 7.17. The van der Waals surface area contributed by atoms with Gasteiger partial charge in [-0.25, -0.2) is 4.68 Å². The van der Waals surface area contributed by atoms with Gasteiger partial charge in [0, 0.05) is 25.7 Å². The average Bonchev–Trinajstić information content (AvgIpc) is 2.37. The van der Waals surface area contributed by atoms with E-state index >= 15 is 0 Å². The Hall–Kier alpha value is -1.11. The standard InChI is InChI=1S/C13H24ClN5O/c1-10(2)15-5-6-16-11-9-17-19(8-7-18(3)4)13(20)12(11)14/h9-10,15-16H,5-8H2,1-4H3. The van der Waals surface area contributed by atoms with Crippen LogP contribution in [0.15, 0.2) is 11.0 Å². The quantitative estimate of drug-likeness (QED) is 0.698. The van der Waals surface area contributed by atoms with E-state index in [1.165, 1.54) is 4.68 Å². The Morgan fingerprint density at radius 3 is 2.70 bits per heavy atom. The van der Waals surface area contributed by atoms with E-state index in [-0.39, 0.29) is 10.6 Å². The third-order valence-corrected chi connectivity index (χ3v) is 3.10. The van der Waals surface area contributed by atoms with Gasteiger partial charge in [-0.3, -0.25) is 4.79 Å². The fourth-order valence-corrected chi connectivity index (χ4v) is 1.81. The monoisotopic (exact) mass is 301 g/mol. The van der Waals surface area contributed by atoms with Crippen molar-refractivity contribution in [3.8, 4) is 0 Å². The van der Waals surface area contributed by atoms with Crippen LogP contribution in [-0.4, -0.2) is 54.5 Å². The van der Waals surface area contributed by atoms with Crippen LogP contribution in [0.4, 0.5) is 5.69 Å². The maximum atomic E-state index is 12.0. The highest BCUT2D eigenvalue weighted by Gasteiger charge is 2.09. The number of hydrogen-bond acceptors (Lipinski definition) is 5. The Bertz CT molecular complexity index is 472. The summed E-state index contributed by atoms with van der Waals surface area (Å²) in [7, 11) is 3.90. The van der Waals surface area contributed by atoms with Crippen molar-refractivity contribution in [3.63, 3.8) is 0 Å². The summed E-state index contributed by atoms with van der Waals surface area (Å²) in [5, 5.41) is 10.7. The van der Waals surface area contributed by atoms with E-state index in [0.29, 0.717) is 24.8 Å². The van der Waals surface area contributed by atoms with Gasteiger partial charge in [-0.1, -0.05) is 25.4 Å². The van der Waals surface area contributed by atoms with Crippen molar-refractivity contribution < 1.29 is 0 Å². The Morgan fingerprint density at radius 1 is 1.40 bits per heavy atom. The largest absolute Gasteiger partial charge is 0.381 e. The number of hydrogen-bond donors (Lipinski definition) is 2. The zero-order chi connectivity index (χ0) is 15.1. The maximum Gasteiger partial charge on any atom is 0.287 e. The van der Waals surface area contributed by atoms with Crippen molar-refractivity contribution >= 4 is 17.3 Å². The SMILES string of the molecule is CC(C)NCCNc1cnn(CCN(C)C)c(=O)c1Cl. The van der Waals surface area contributed by atoms with Gasteiger partial charge in [0.1, 0.15) is 5.02 Å². The van der Waals surface area contributed by atoms with Crippen molar-refractivity contribution in [3.05, 3.63) is 21.6 Å². The molecule has 7 heteroatoms. The third-order valence-electron chi connectivity index (χ3n) is 2.74. The van der Waals surface area contributed by atoms with Gasteiger partial charge in [-0.15, -0.1) is 0 Å². The van der Waals surface area contributed by atoms with Gasteiger partial charge < -0.3 is 15.5 Å². The van der Waals surface area contributed by atoms with Gasteiger partial charge in [0.2, 0.25) is 0 Å². The highest BCUT2D eigenvalue weighted by molar-refractivity contribution is 6.32. The lowest BCUT2D eigenvalue weighted by atomic mass is 10.4. The molecule has 0 fully saturated rings. The summed E-state index contributed by atoms with van der Waals surface area (Å²) in [4.78, 5) is 14.0. The fourth-order valence-electron chi connectivity index (χ4n) is 1.60. The minimum Gasteiger partial charge on any atom is -0.381 e. The predicted molar refractivity (Wildman–Crippen MR) is 83.7 cm³/mol. The molecule has 0 aliphatic rings. The molecule has 1 rings (SSSR count). The number of nitrogens with zero attached hydrogens (tertiary/aromatic N) is 3. The van der Waals surface area contributed by atoms with E-state index in [0.717, 1.165) is 13.1 Å². The first-order valence-electron chi connectivity index (χ1n) is 6.79. The summed E-state index contributed by atoms with van der Waals surface area (Å²) >= 11 is 6.09. The first kappa shape index (κ1) is 16.9. The molecule has 0 unspecified atom stereocenters. The molecule has 1 heterocycles. The summed E-state index contributed by atoms with van der Waals surface area (Å²) in [5.41, 5.74) is 0.332. The van der Waals surface area contributed by atoms with Gasteiger partial charge >= 0.3 is 0 Å². The number of halogens is 1. The van der Waals surface area contributed by atoms with Crippen LogP contribution in [0.1, 0.15) is 13.8 Å². The second-order valence-corrected chi connectivity index (χ2v) is 5.62. The molecule has 0 saturated carbocycles. The molecule has 0 aliphatic carbocycles. The molecule has 2 N–H and O–H groups in total. The van der Waals surface area contributed by atoms with Crippen LogP contribution in [0, 0.1) is 0 Å². The zero-order valence-electron chi connectivity index (χ0n) is 12.6. The van der Waals surface area contributed by atoms with Crippen molar-refractivity contribution in [2.24, 2.45) is 0 Å². The molecule has 0 atom stereocenters. The molecule has 6 nitrogen and oxygen atoms in total. The van der Waals surface area contributed by atoms with Crippen LogP contribution in [0.2, 0.25) is 5.02 Å². The Balaban J connectivity index is 2.62. The average molecular weight is 302 g/mol. The van der Waals surface area contributed by atoms with E-state index in [2.05, 4.69) is 29.6 Å². The summed E-state index contributed by atoms with van der Waals surface area (Å²) in [6.07, 6.45) is 1.61. The topological polar surface area (TPSA) is 62.2 Å². The third kappa shape index (κ3) is 5.48. The summed E-state index contributed by atoms with van der Waals surface area (Å²) in [5.74, 6) is 0. The first-order chi connectivity index (χ1) is 9.41. The molecule has 0 radical (unpaired) electrons. The summed E-state index contributed by atoms with van der Waals surface area (Å²) in [6.45, 7) is 6.94. The smallest absolute Gasteiger partial charge is 0.287 e. The number of rotatable bonds is 8.